The fourth-order valence-electron chi connectivity index (χ4n) is 2.82. The lowest BCUT2D eigenvalue weighted by atomic mass is 10.0. The molecule has 4 aromatic rings. The van der Waals surface area contributed by atoms with Crippen molar-refractivity contribution < 1.29 is 4.74 Å². The first kappa shape index (κ1) is 15.0. The van der Waals surface area contributed by atoms with Crippen LogP contribution in [0.15, 0.2) is 65.6 Å². The van der Waals surface area contributed by atoms with Crippen molar-refractivity contribution in [3.05, 3.63) is 82.3 Å². The van der Waals surface area contributed by atoms with Gasteiger partial charge in [-0.15, -0.1) is 0 Å². The Bertz CT molecular complexity index is 1200. The number of hydrogen-bond acceptors (Lipinski definition) is 3. The van der Waals surface area contributed by atoms with Crippen molar-refractivity contribution in [2.75, 3.05) is 7.11 Å². The second-order valence-electron chi connectivity index (χ2n) is 5.56. The molecule has 0 saturated heterocycles. The van der Waals surface area contributed by atoms with E-state index in [1.165, 1.54) is 0 Å². The minimum absolute atomic E-state index is 0.143. The Morgan fingerprint density at radius 2 is 1.72 bits per heavy atom. The highest BCUT2D eigenvalue weighted by atomic mass is 16.5. The summed E-state index contributed by atoms with van der Waals surface area (Å²) in [6, 6.07) is 16.9. The van der Waals surface area contributed by atoms with Crippen LogP contribution in [-0.4, -0.2) is 17.1 Å². The number of fused-ring (bicyclic) bond motifs is 3. The smallest absolute Gasteiger partial charge is 0.257 e. The molecular formula is C21H14N2O2. The molecule has 0 radical (unpaired) electrons. The molecule has 0 unspecified atom stereocenters. The molecule has 1 N–H and O–H groups in total. The minimum Gasteiger partial charge on any atom is -0.497 e. The van der Waals surface area contributed by atoms with Gasteiger partial charge in [0.15, 0.2) is 0 Å². The van der Waals surface area contributed by atoms with Gasteiger partial charge in [0.2, 0.25) is 0 Å². The minimum atomic E-state index is -0.143. The Balaban J connectivity index is 1.92. The molecule has 2 heterocycles. The number of ether oxygens (including phenoxy) is 1. The maximum atomic E-state index is 12.2. The summed E-state index contributed by atoms with van der Waals surface area (Å²) in [5.41, 5.74) is 2.12. The lowest BCUT2D eigenvalue weighted by Crippen LogP contribution is -2.07. The van der Waals surface area contributed by atoms with Crippen LogP contribution in [0.5, 0.6) is 5.75 Å². The van der Waals surface area contributed by atoms with Gasteiger partial charge < -0.3 is 9.72 Å². The molecule has 2 aromatic heterocycles. The summed E-state index contributed by atoms with van der Waals surface area (Å²) in [6.45, 7) is 0. The molecule has 0 aliphatic heterocycles. The van der Waals surface area contributed by atoms with Crippen LogP contribution >= 0.6 is 0 Å². The van der Waals surface area contributed by atoms with E-state index in [1.807, 2.05) is 48.5 Å². The summed E-state index contributed by atoms with van der Waals surface area (Å²) in [6.07, 6.45) is 1.66. The molecule has 0 atom stereocenters. The first-order valence-corrected chi connectivity index (χ1v) is 7.82. The summed E-state index contributed by atoms with van der Waals surface area (Å²) in [5, 5.41) is 2.35. The fourth-order valence-corrected chi connectivity index (χ4v) is 2.82. The number of methoxy groups -OCH3 is 1. The normalized spacial score (nSPS) is 10.4. The third-order valence-electron chi connectivity index (χ3n) is 4.06. The van der Waals surface area contributed by atoms with Crippen LogP contribution in [0.1, 0.15) is 11.1 Å². The highest BCUT2D eigenvalue weighted by Crippen LogP contribution is 2.23. The second kappa shape index (κ2) is 6.14. The first-order valence-electron chi connectivity index (χ1n) is 7.82. The van der Waals surface area contributed by atoms with Crippen LogP contribution < -0.4 is 10.3 Å². The van der Waals surface area contributed by atoms with Crippen LogP contribution in [0.25, 0.3) is 21.8 Å². The zero-order chi connectivity index (χ0) is 17.2. The number of nitrogens with one attached hydrogen (secondary N) is 1. The number of pyridine rings is 2. The van der Waals surface area contributed by atoms with E-state index in [1.54, 1.807) is 19.4 Å². The molecule has 4 nitrogen and oxygen atoms in total. The Morgan fingerprint density at radius 1 is 0.960 bits per heavy atom. The summed E-state index contributed by atoms with van der Waals surface area (Å²) < 4.78 is 5.16. The lowest BCUT2D eigenvalue weighted by molar-refractivity contribution is 0.415. The SMILES string of the molecule is COc1ccc(C#Cc2ccnc3[nH]c(=O)c4ccccc4c23)cc1. The fraction of sp³-hybridized carbons (Fsp3) is 0.0476. The largest absolute Gasteiger partial charge is 0.497 e. The molecule has 0 fully saturated rings. The van der Waals surface area contributed by atoms with E-state index in [-0.39, 0.29) is 5.56 Å². The molecule has 0 bridgehead atoms. The maximum absolute atomic E-state index is 12.2. The van der Waals surface area contributed by atoms with Crippen LogP contribution in [0, 0.1) is 11.8 Å². The van der Waals surface area contributed by atoms with Gasteiger partial charge in [-0.2, -0.15) is 0 Å². The molecule has 2 aromatic carbocycles. The Labute approximate surface area is 144 Å². The summed E-state index contributed by atoms with van der Waals surface area (Å²) in [4.78, 5) is 19.3. The quantitative estimate of drug-likeness (QED) is 0.430. The number of benzene rings is 2. The van der Waals surface area contributed by atoms with E-state index < -0.39 is 0 Å². The van der Waals surface area contributed by atoms with Crippen molar-refractivity contribution in [2.45, 2.75) is 0 Å². The predicted octanol–water partition coefficient (Wildman–Crippen LogP) is 3.48. The summed E-state index contributed by atoms with van der Waals surface area (Å²) >= 11 is 0. The molecule has 0 aliphatic carbocycles. The van der Waals surface area contributed by atoms with Gasteiger partial charge in [-0.05, 0) is 41.8 Å². The molecule has 0 spiro atoms. The van der Waals surface area contributed by atoms with Gasteiger partial charge in [0, 0.05) is 28.1 Å². The predicted molar refractivity (Wildman–Crippen MR) is 98.8 cm³/mol. The van der Waals surface area contributed by atoms with E-state index >= 15 is 0 Å². The van der Waals surface area contributed by atoms with Crippen molar-refractivity contribution in [1.29, 1.82) is 0 Å². The monoisotopic (exact) mass is 326 g/mol. The van der Waals surface area contributed by atoms with Crippen LogP contribution in [0.4, 0.5) is 0 Å². The van der Waals surface area contributed by atoms with Crippen molar-refractivity contribution in [2.24, 2.45) is 0 Å². The van der Waals surface area contributed by atoms with Gasteiger partial charge in [-0.25, -0.2) is 4.98 Å². The van der Waals surface area contributed by atoms with E-state index in [0.717, 1.165) is 27.6 Å². The van der Waals surface area contributed by atoms with E-state index in [4.69, 9.17) is 4.74 Å². The first-order chi connectivity index (χ1) is 12.3. The van der Waals surface area contributed by atoms with E-state index in [2.05, 4.69) is 21.8 Å². The number of H-pyrrole nitrogens is 1. The van der Waals surface area contributed by atoms with Gasteiger partial charge in [0.1, 0.15) is 11.4 Å². The topological polar surface area (TPSA) is 55.0 Å². The van der Waals surface area contributed by atoms with E-state index in [9.17, 15) is 4.79 Å². The number of rotatable bonds is 1. The molecule has 4 rings (SSSR count). The number of aromatic amines is 1. The van der Waals surface area contributed by atoms with Gasteiger partial charge in [0.25, 0.3) is 5.56 Å². The number of hydrogen-bond donors (Lipinski definition) is 1. The summed E-state index contributed by atoms with van der Waals surface area (Å²) in [5.74, 6) is 7.15. The standard InChI is InChI=1S/C21H14N2O2/c1-25-16-10-7-14(8-11-16)6-9-15-12-13-22-20-19(15)17-4-2-3-5-18(17)21(24)23-20/h2-5,7-8,10-13H,1H3,(H,22,23,24). The lowest BCUT2D eigenvalue weighted by Gasteiger charge is -2.04. The van der Waals surface area contributed by atoms with Crippen molar-refractivity contribution in [1.82, 2.24) is 9.97 Å². The van der Waals surface area contributed by atoms with Gasteiger partial charge in [-0.1, -0.05) is 30.0 Å². The summed E-state index contributed by atoms with van der Waals surface area (Å²) in [7, 11) is 1.63. The van der Waals surface area contributed by atoms with Crippen LogP contribution in [-0.2, 0) is 0 Å². The average Bonchev–Trinajstić information content (AvgIpc) is 2.67. The molecule has 0 saturated carbocycles. The molecule has 4 heteroatoms. The van der Waals surface area contributed by atoms with Crippen LogP contribution in [0.3, 0.4) is 0 Å². The third kappa shape index (κ3) is 2.73. The molecule has 0 aliphatic rings. The van der Waals surface area contributed by atoms with E-state index in [0.29, 0.717) is 11.0 Å². The van der Waals surface area contributed by atoms with Gasteiger partial charge >= 0.3 is 0 Å². The highest BCUT2D eigenvalue weighted by Gasteiger charge is 2.08. The number of nitrogens with zero attached hydrogens (tertiary/aromatic N) is 1. The Hall–Kier alpha value is -3.58. The van der Waals surface area contributed by atoms with Crippen molar-refractivity contribution in [3.63, 3.8) is 0 Å². The maximum Gasteiger partial charge on any atom is 0.257 e. The van der Waals surface area contributed by atoms with Gasteiger partial charge in [-0.3, -0.25) is 4.79 Å². The Morgan fingerprint density at radius 3 is 2.48 bits per heavy atom. The van der Waals surface area contributed by atoms with Crippen molar-refractivity contribution in [3.8, 4) is 17.6 Å². The van der Waals surface area contributed by atoms with Crippen LogP contribution in [0.2, 0.25) is 0 Å². The molecule has 25 heavy (non-hydrogen) atoms. The number of aromatic nitrogens is 2. The Kier molecular flexibility index (Phi) is 3.68. The third-order valence-corrected chi connectivity index (χ3v) is 4.06. The zero-order valence-corrected chi connectivity index (χ0v) is 13.5. The highest BCUT2D eigenvalue weighted by molar-refractivity contribution is 6.06. The average molecular weight is 326 g/mol. The second-order valence-corrected chi connectivity index (χ2v) is 5.56. The zero-order valence-electron chi connectivity index (χ0n) is 13.5. The molecular weight excluding hydrogens is 312 g/mol. The van der Waals surface area contributed by atoms with Gasteiger partial charge in [0.05, 0.1) is 7.11 Å². The molecule has 120 valence electrons. The molecule has 0 amide bonds. The van der Waals surface area contributed by atoms with Crippen molar-refractivity contribution >= 4 is 21.8 Å².